The average molecular weight is 280 g/mol. The van der Waals surface area contributed by atoms with Crippen LogP contribution in [0.2, 0.25) is 0 Å². The summed E-state index contributed by atoms with van der Waals surface area (Å²) in [6, 6.07) is 0. The van der Waals surface area contributed by atoms with Crippen LogP contribution in [0.15, 0.2) is 0 Å². The zero-order valence-corrected chi connectivity index (χ0v) is 11.8. The second-order valence-electron chi connectivity index (χ2n) is 5.61. The molecule has 110 valence electrons. The summed E-state index contributed by atoms with van der Waals surface area (Å²) in [6.45, 7) is 4.65. The first-order valence-electron chi connectivity index (χ1n) is 6.92. The van der Waals surface area contributed by atoms with Crippen LogP contribution >= 0.6 is 0 Å². The van der Waals surface area contributed by atoms with Gasteiger partial charge in [-0.05, 0) is 18.8 Å². The first-order chi connectivity index (χ1) is 9.49. The molecule has 1 amide bonds. The maximum Gasteiger partial charge on any atom is 0.358 e. The normalized spacial score (nSPS) is 15.2. The van der Waals surface area contributed by atoms with Gasteiger partial charge in [-0.25, -0.2) is 9.48 Å². The third-order valence-electron chi connectivity index (χ3n) is 3.47. The van der Waals surface area contributed by atoms with Crippen molar-refractivity contribution in [3.05, 3.63) is 11.4 Å². The van der Waals surface area contributed by atoms with Crippen LogP contribution < -0.4 is 5.32 Å². The molecular weight excluding hydrogens is 260 g/mol. The van der Waals surface area contributed by atoms with Gasteiger partial charge in [-0.3, -0.25) is 4.79 Å². The lowest BCUT2D eigenvalue weighted by molar-refractivity contribution is -0.122. The van der Waals surface area contributed by atoms with Gasteiger partial charge in [0, 0.05) is 12.5 Å². The van der Waals surface area contributed by atoms with Crippen LogP contribution in [-0.4, -0.2) is 38.5 Å². The maximum absolute atomic E-state index is 11.8. The Bertz CT molecular complexity index is 506. The monoisotopic (exact) mass is 280 g/mol. The van der Waals surface area contributed by atoms with Gasteiger partial charge in [0.15, 0.2) is 5.69 Å². The third kappa shape index (κ3) is 3.15. The lowest BCUT2D eigenvalue weighted by atomic mass is 9.82. The highest BCUT2D eigenvalue weighted by molar-refractivity contribution is 5.87. The first kappa shape index (κ1) is 14.5. The van der Waals surface area contributed by atoms with Crippen molar-refractivity contribution in [1.29, 1.82) is 0 Å². The number of nitrogens with one attached hydrogen (secondary N) is 1. The molecule has 0 unspecified atom stereocenters. The number of nitrogens with zero attached hydrogens (tertiary/aromatic N) is 3. The van der Waals surface area contributed by atoms with E-state index in [0.29, 0.717) is 18.2 Å². The summed E-state index contributed by atoms with van der Waals surface area (Å²) in [7, 11) is 0. The summed E-state index contributed by atoms with van der Waals surface area (Å²) < 4.78 is 1.43. The van der Waals surface area contributed by atoms with Gasteiger partial charge in [0.05, 0.1) is 5.69 Å². The molecule has 0 aromatic carbocycles. The summed E-state index contributed by atoms with van der Waals surface area (Å²) >= 11 is 0. The quantitative estimate of drug-likeness (QED) is 0.810. The van der Waals surface area contributed by atoms with Crippen molar-refractivity contribution in [2.75, 3.05) is 6.54 Å². The highest BCUT2D eigenvalue weighted by Crippen LogP contribution is 2.37. The molecule has 7 nitrogen and oxygen atoms in total. The molecule has 0 radical (unpaired) electrons. The molecular formula is C13H20N4O3. The molecule has 0 atom stereocenters. The first-order valence-corrected chi connectivity index (χ1v) is 6.92. The van der Waals surface area contributed by atoms with Crippen molar-refractivity contribution in [3.63, 3.8) is 0 Å². The highest BCUT2D eigenvalue weighted by Gasteiger charge is 2.30. The van der Waals surface area contributed by atoms with E-state index in [4.69, 9.17) is 5.11 Å². The number of carboxylic acids is 1. The molecule has 7 heteroatoms. The number of amides is 1. The molecule has 0 spiro atoms. The van der Waals surface area contributed by atoms with Crippen LogP contribution in [0.3, 0.4) is 0 Å². The molecule has 2 N–H and O–H groups in total. The maximum atomic E-state index is 11.8. The Balaban J connectivity index is 2.11. The molecule has 0 saturated heterocycles. The predicted octanol–water partition coefficient (Wildman–Crippen LogP) is 1.02. The molecule has 1 aliphatic carbocycles. The minimum absolute atomic E-state index is 0.0219. The summed E-state index contributed by atoms with van der Waals surface area (Å²) in [5, 5.41) is 19.5. The van der Waals surface area contributed by atoms with E-state index in [-0.39, 0.29) is 24.1 Å². The van der Waals surface area contributed by atoms with Gasteiger partial charge in [0.2, 0.25) is 5.91 Å². The lowest BCUT2D eigenvalue weighted by Gasteiger charge is -2.26. The van der Waals surface area contributed by atoms with Gasteiger partial charge in [0.1, 0.15) is 6.54 Å². The number of carbonyl (C=O) groups is 2. The van der Waals surface area contributed by atoms with Crippen molar-refractivity contribution >= 4 is 11.9 Å². The van der Waals surface area contributed by atoms with Crippen LogP contribution in [0.25, 0.3) is 0 Å². The SMILES string of the molecule is CC(C)CNC(=O)Cn1nnc(C(=O)O)c1C1CCC1. The molecule has 20 heavy (non-hydrogen) atoms. The predicted molar refractivity (Wildman–Crippen MR) is 71.4 cm³/mol. The summed E-state index contributed by atoms with van der Waals surface area (Å²) in [5.41, 5.74) is 0.565. The number of rotatable bonds is 6. The second kappa shape index (κ2) is 6.02. The van der Waals surface area contributed by atoms with Gasteiger partial charge in [-0.2, -0.15) is 0 Å². The van der Waals surface area contributed by atoms with Crippen LogP contribution in [-0.2, 0) is 11.3 Å². The number of aromatic carboxylic acids is 1. The molecule has 1 aromatic heterocycles. The van der Waals surface area contributed by atoms with E-state index >= 15 is 0 Å². The van der Waals surface area contributed by atoms with E-state index in [9.17, 15) is 9.59 Å². The Morgan fingerprint density at radius 1 is 1.45 bits per heavy atom. The van der Waals surface area contributed by atoms with E-state index < -0.39 is 5.97 Å². The van der Waals surface area contributed by atoms with E-state index in [0.717, 1.165) is 19.3 Å². The molecule has 0 aliphatic heterocycles. The average Bonchev–Trinajstić information content (AvgIpc) is 2.68. The molecule has 1 saturated carbocycles. The van der Waals surface area contributed by atoms with Crippen LogP contribution in [0.1, 0.15) is 55.2 Å². The van der Waals surface area contributed by atoms with Crippen molar-refractivity contribution in [2.45, 2.75) is 45.6 Å². The van der Waals surface area contributed by atoms with Gasteiger partial charge in [0.25, 0.3) is 0 Å². The number of carbonyl (C=O) groups excluding carboxylic acids is 1. The van der Waals surface area contributed by atoms with Crippen molar-refractivity contribution in [2.24, 2.45) is 5.92 Å². The fourth-order valence-electron chi connectivity index (χ4n) is 2.19. The Labute approximate surface area is 117 Å². The Morgan fingerprint density at radius 2 is 2.15 bits per heavy atom. The Morgan fingerprint density at radius 3 is 2.65 bits per heavy atom. The second-order valence-corrected chi connectivity index (χ2v) is 5.61. The van der Waals surface area contributed by atoms with Gasteiger partial charge < -0.3 is 10.4 Å². The zero-order chi connectivity index (χ0) is 14.7. The zero-order valence-electron chi connectivity index (χ0n) is 11.8. The Hall–Kier alpha value is -1.92. The molecule has 1 heterocycles. The summed E-state index contributed by atoms with van der Waals surface area (Å²) in [5.74, 6) is -0.716. The van der Waals surface area contributed by atoms with E-state index in [2.05, 4.69) is 15.6 Å². The molecule has 2 rings (SSSR count). The van der Waals surface area contributed by atoms with Crippen molar-refractivity contribution in [1.82, 2.24) is 20.3 Å². The third-order valence-corrected chi connectivity index (χ3v) is 3.47. The van der Waals surface area contributed by atoms with E-state index in [1.54, 1.807) is 0 Å². The van der Waals surface area contributed by atoms with Crippen molar-refractivity contribution in [3.8, 4) is 0 Å². The largest absolute Gasteiger partial charge is 0.476 e. The highest BCUT2D eigenvalue weighted by atomic mass is 16.4. The standard InChI is InChI=1S/C13H20N4O3/c1-8(2)6-14-10(18)7-17-12(9-4-3-5-9)11(13(19)20)15-16-17/h8-9H,3-7H2,1-2H3,(H,14,18)(H,19,20). The van der Waals surface area contributed by atoms with E-state index in [1.165, 1.54) is 4.68 Å². The van der Waals surface area contributed by atoms with Crippen LogP contribution in [0.4, 0.5) is 0 Å². The number of hydrogen-bond donors (Lipinski definition) is 2. The molecule has 1 fully saturated rings. The number of hydrogen-bond acceptors (Lipinski definition) is 4. The van der Waals surface area contributed by atoms with Crippen LogP contribution in [0, 0.1) is 5.92 Å². The minimum Gasteiger partial charge on any atom is -0.476 e. The fraction of sp³-hybridized carbons (Fsp3) is 0.692. The Kier molecular flexibility index (Phi) is 4.36. The molecule has 1 aliphatic rings. The van der Waals surface area contributed by atoms with Gasteiger partial charge >= 0.3 is 5.97 Å². The number of carboxylic acid groups (broad SMARTS) is 1. The summed E-state index contributed by atoms with van der Waals surface area (Å²) in [6.07, 6.45) is 2.94. The van der Waals surface area contributed by atoms with Gasteiger partial charge in [-0.15, -0.1) is 5.10 Å². The fourth-order valence-corrected chi connectivity index (χ4v) is 2.19. The molecule has 0 bridgehead atoms. The van der Waals surface area contributed by atoms with Crippen molar-refractivity contribution < 1.29 is 14.7 Å². The lowest BCUT2D eigenvalue weighted by Crippen LogP contribution is -2.32. The molecule has 1 aromatic rings. The summed E-state index contributed by atoms with van der Waals surface area (Å²) in [4.78, 5) is 23.0. The van der Waals surface area contributed by atoms with E-state index in [1.807, 2.05) is 13.8 Å². The minimum atomic E-state index is -1.08. The topological polar surface area (TPSA) is 97.1 Å². The van der Waals surface area contributed by atoms with Gasteiger partial charge in [-0.1, -0.05) is 25.5 Å². The van der Waals surface area contributed by atoms with Crippen LogP contribution in [0.5, 0.6) is 0 Å². The number of aromatic nitrogens is 3. The smallest absolute Gasteiger partial charge is 0.358 e.